The van der Waals surface area contributed by atoms with Gasteiger partial charge in [0, 0.05) is 17.3 Å². The highest BCUT2D eigenvalue weighted by molar-refractivity contribution is 5.53. The van der Waals surface area contributed by atoms with E-state index in [1.165, 1.54) is 0 Å². The summed E-state index contributed by atoms with van der Waals surface area (Å²) in [4.78, 5) is 4.22. The minimum Gasteiger partial charge on any atom is -0.383 e. The standard InChI is InChI=1S/C8H10N4/c1-5-3-10-8-6(2)4-11-12(8)7(5)9/h3-4H,9H2,1-2H3. The summed E-state index contributed by atoms with van der Waals surface area (Å²) < 4.78 is 1.66. The molecule has 4 heteroatoms. The summed E-state index contributed by atoms with van der Waals surface area (Å²) in [6.45, 7) is 3.88. The lowest BCUT2D eigenvalue weighted by atomic mass is 10.3. The number of anilines is 1. The zero-order valence-electron chi connectivity index (χ0n) is 7.07. The molecular formula is C8H10N4. The summed E-state index contributed by atoms with van der Waals surface area (Å²) in [6.07, 6.45) is 3.53. The van der Waals surface area contributed by atoms with Crippen LogP contribution in [0.15, 0.2) is 12.4 Å². The maximum absolute atomic E-state index is 5.79. The van der Waals surface area contributed by atoms with Crippen molar-refractivity contribution >= 4 is 11.5 Å². The highest BCUT2D eigenvalue weighted by Crippen LogP contribution is 2.13. The fraction of sp³-hybridized carbons (Fsp3) is 0.250. The molecule has 0 bridgehead atoms. The van der Waals surface area contributed by atoms with Crippen LogP contribution in [0.25, 0.3) is 5.65 Å². The Morgan fingerprint density at radius 1 is 1.25 bits per heavy atom. The van der Waals surface area contributed by atoms with Crippen LogP contribution in [0.5, 0.6) is 0 Å². The Morgan fingerprint density at radius 3 is 2.75 bits per heavy atom. The van der Waals surface area contributed by atoms with E-state index in [4.69, 9.17) is 5.73 Å². The third-order valence-corrected chi connectivity index (χ3v) is 1.93. The number of nitrogens with two attached hydrogens (primary N) is 1. The van der Waals surface area contributed by atoms with Crippen LogP contribution in [0.1, 0.15) is 11.1 Å². The normalized spacial score (nSPS) is 10.8. The first-order chi connectivity index (χ1) is 5.70. The van der Waals surface area contributed by atoms with E-state index >= 15 is 0 Å². The van der Waals surface area contributed by atoms with E-state index in [1.54, 1.807) is 16.9 Å². The van der Waals surface area contributed by atoms with E-state index < -0.39 is 0 Å². The zero-order chi connectivity index (χ0) is 8.72. The van der Waals surface area contributed by atoms with Crippen molar-refractivity contribution in [1.29, 1.82) is 0 Å². The Kier molecular flexibility index (Phi) is 1.30. The second-order valence-corrected chi connectivity index (χ2v) is 2.89. The smallest absolute Gasteiger partial charge is 0.160 e. The minimum atomic E-state index is 0.660. The van der Waals surface area contributed by atoms with Gasteiger partial charge in [0.2, 0.25) is 0 Å². The van der Waals surface area contributed by atoms with Crippen molar-refractivity contribution < 1.29 is 0 Å². The van der Waals surface area contributed by atoms with Gasteiger partial charge >= 0.3 is 0 Å². The number of nitrogens with zero attached hydrogens (tertiary/aromatic N) is 3. The summed E-state index contributed by atoms with van der Waals surface area (Å²) in [7, 11) is 0. The molecule has 0 spiro atoms. The maximum atomic E-state index is 5.79. The predicted octanol–water partition coefficient (Wildman–Crippen LogP) is 0.928. The molecule has 0 aliphatic carbocycles. The lowest BCUT2D eigenvalue weighted by Gasteiger charge is -2.01. The van der Waals surface area contributed by atoms with Gasteiger partial charge in [-0.2, -0.15) is 9.61 Å². The summed E-state index contributed by atoms with van der Waals surface area (Å²) in [5, 5.41) is 4.11. The molecule has 0 unspecified atom stereocenters. The van der Waals surface area contributed by atoms with Crippen LogP contribution in [0, 0.1) is 13.8 Å². The molecule has 62 valence electrons. The first-order valence-corrected chi connectivity index (χ1v) is 3.75. The molecule has 0 aromatic carbocycles. The third-order valence-electron chi connectivity index (χ3n) is 1.93. The molecule has 2 heterocycles. The molecule has 0 radical (unpaired) electrons. The van der Waals surface area contributed by atoms with Crippen molar-refractivity contribution in [2.24, 2.45) is 0 Å². The van der Waals surface area contributed by atoms with E-state index in [-0.39, 0.29) is 0 Å². The first-order valence-electron chi connectivity index (χ1n) is 3.75. The number of hydrogen-bond donors (Lipinski definition) is 1. The van der Waals surface area contributed by atoms with Gasteiger partial charge in [0.05, 0.1) is 6.20 Å². The Hall–Kier alpha value is -1.58. The molecule has 0 aliphatic rings. The van der Waals surface area contributed by atoms with Gasteiger partial charge in [-0.3, -0.25) is 0 Å². The molecule has 12 heavy (non-hydrogen) atoms. The summed E-state index contributed by atoms with van der Waals surface area (Å²) in [5.74, 6) is 0.660. The summed E-state index contributed by atoms with van der Waals surface area (Å²) in [5.41, 5.74) is 8.62. The van der Waals surface area contributed by atoms with E-state index in [2.05, 4.69) is 10.1 Å². The van der Waals surface area contributed by atoms with Crippen molar-refractivity contribution in [2.45, 2.75) is 13.8 Å². The maximum Gasteiger partial charge on any atom is 0.160 e. The molecule has 0 amide bonds. The number of hydrogen-bond acceptors (Lipinski definition) is 3. The third kappa shape index (κ3) is 0.777. The van der Waals surface area contributed by atoms with Gasteiger partial charge in [0.15, 0.2) is 5.65 Å². The van der Waals surface area contributed by atoms with Crippen LogP contribution in [-0.4, -0.2) is 14.6 Å². The molecule has 0 atom stereocenters. The van der Waals surface area contributed by atoms with Gasteiger partial charge in [0.1, 0.15) is 5.82 Å². The fourth-order valence-electron chi connectivity index (χ4n) is 1.15. The van der Waals surface area contributed by atoms with Crippen LogP contribution in [0.3, 0.4) is 0 Å². The Labute approximate surface area is 70.0 Å². The highest BCUT2D eigenvalue weighted by Gasteiger charge is 2.04. The second kappa shape index (κ2) is 2.20. The molecule has 0 fully saturated rings. The van der Waals surface area contributed by atoms with Gasteiger partial charge < -0.3 is 5.73 Å². The fourth-order valence-corrected chi connectivity index (χ4v) is 1.15. The van der Waals surface area contributed by atoms with Gasteiger partial charge in [0.25, 0.3) is 0 Å². The summed E-state index contributed by atoms with van der Waals surface area (Å²) >= 11 is 0. The monoisotopic (exact) mass is 162 g/mol. The zero-order valence-corrected chi connectivity index (χ0v) is 7.07. The van der Waals surface area contributed by atoms with Gasteiger partial charge in [-0.15, -0.1) is 0 Å². The minimum absolute atomic E-state index is 0.660. The van der Waals surface area contributed by atoms with Gasteiger partial charge in [-0.05, 0) is 13.8 Å². The van der Waals surface area contributed by atoms with E-state index in [0.29, 0.717) is 5.82 Å². The average Bonchev–Trinajstić information content (AvgIpc) is 2.41. The van der Waals surface area contributed by atoms with Crippen LogP contribution in [0.2, 0.25) is 0 Å². The molecule has 2 aromatic rings. The van der Waals surface area contributed by atoms with Crippen molar-refractivity contribution in [1.82, 2.24) is 14.6 Å². The molecule has 4 nitrogen and oxygen atoms in total. The van der Waals surface area contributed by atoms with E-state index in [0.717, 1.165) is 16.8 Å². The molecule has 2 N–H and O–H groups in total. The molecule has 0 saturated heterocycles. The topological polar surface area (TPSA) is 56.2 Å². The second-order valence-electron chi connectivity index (χ2n) is 2.89. The molecule has 0 aliphatic heterocycles. The lowest BCUT2D eigenvalue weighted by Crippen LogP contribution is -2.02. The number of fused-ring (bicyclic) bond motifs is 1. The first kappa shape index (κ1) is 7.09. The molecule has 2 rings (SSSR count). The van der Waals surface area contributed by atoms with Crippen molar-refractivity contribution in [3.05, 3.63) is 23.5 Å². The van der Waals surface area contributed by atoms with Crippen LogP contribution in [0.4, 0.5) is 5.82 Å². The number of aryl methyl sites for hydroxylation is 2. The van der Waals surface area contributed by atoms with Crippen molar-refractivity contribution in [3.8, 4) is 0 Å². The van der Waals surface area contributed by atoms with Crippen LogP contribution >= 0.6 is 0 Å². The van der Waals surface area contributed by atoms with E-state index in [1.807, 2.05) is 13.8 Å². The number of nitrogen functional groups attached to an aromatic ring is 1. The molecule has 2 aromatic heterocycles. The molecular weight excluding hydrogens is 152 g/mol. The quantitative estimate of drug-likeness (QED) is 0.627. The Bertz CT molecular complexity index is 430. The summed E-state index contributed by atoms with van der Waals surface area (Å²) in [6, 6.07) is 0. The Morgan fingerprint density at radius 2 is 2.00 bits per heavy atom. The largest absolute Gasteiger partial charge is 0.383 e. The SMILES string of the molecule is Cc1cnc2c(C)cnn2c1N. The number of aromatic nitrogens is 3. The van der Waals surface area contributed by atoms with Gasteiger partial charge in [-0.25, -0.2) is 4.98 Å². The molecule has 0 saturated carbocycles. The van der Waals surface area contributed by atoms with Crippen LogP contribution < -0.4 is 5.73 Å². The predicted molar refractivity (Wildman–Crippen MR) is 46.9 cm³/mol. The van der Waals surface area contributed by atoms with Crippen LogP contribution in [-0.2, 0) is 0 Å². The van der Waals surface area contributed by atoms with Crippen molar-refractivity contribution in [2.75, 3.05) is 5.73 Å². The highest BCUT2D eigenvalue weighted by atomic mass is 15.3. The van der Waals surface area contributed by atoms with Gasteiger partial charge in [-0.1, -0.05) is 0 Å². The lowest BCUT2D eigenvalue weighted by molar-refractivity contribution is 0.941. The number of rotatable bonds is 0. The van der Waals surface area contributed by atoms with Crippen molar-refractivity contribution in [3.63, 3.8) is 0 Å². The average molecular weight is 162 g/mol. The Balaban J connectivity index is 2.93. The van der Waals surface area contributed by atoms with E-state index in [9.17, 15) is 0 Å².